The molecule has 0 fully saturated rings. The molecular formula is C19H27N3O5. The van der Waals surface area contributed by atoms with Gasteiger partial charge in [-0.15, -0.1) is 0 Å². The van der Waals surface area contributed by atoms with Gasteiger partial charge in [-0.05, 0) is 11.5 Å². The van der Waals surface area contributed by atoms with E-state index in [1.165, 1.54) is 14.0 Å². The van der Waals surface area contributed by atoms with Crippen molar-refractivity contribution in [1.29, 1.82) is 0 Å². The van der Waals surface area contributed by atoms with Gasteiger partial charge in [-0.3, -0.25) is 14.4 Å². The quantitative estimate of drug-likeness (QED) is 0.543. The van der Waals surface area contributed by atoms with Crippen LogP contribution in [0, 0.1) is 5.92 Å². The fourth-order valence-corrected chi connectivity index (χ4v) is 2.41. The molecule has 0 aliphatic carbocycles. The molecule has 1 rings (SSSR count). The highest BCUT2D eigenvalue weighted by Gasteiger charge is 2.28. The molecule has 0 aliphatic heterocycles. The van der Waals surface area contributed by atoms with Gasteiger partial charge in [-0.1, -0.05) is 44.2 Å². The van der Waals surface area contributed by atoms with Crippen molar-refractivity contribution in [2.24, 2.45) is 5.92 Å². The van der Waals surface area contributed by atoms with Gasteiger partial charge in [0.1, 0.15) is 12.1 Å². The second kappa shape index (κ2) is 10.9. The van der Waals surface area contributed by atoms with Crippen molar-refractivity contribution in [2.75, 3.05) is 7.11 Å². The van der Waals surface area contributed by atoms with Gasteiger partial charge in [-0.2, -0.15) is 0 Å². The molecule has 0 spiro atoms. The van der Waals surface area contributed by atoms with E-state index in [4.69, 9.17) is 0 Å². The van der Waals surface area contributed by atoms with Crippen LogP contribution in [0.15, 0.2) is 30.3 Å². The average molecular weight is 377 g/mol. The molecule has 0 saturated heterocycles. The van der Waals surface area contributed by atoms with Gasteiger partial charge in [0, 0.05) is 13.5 Å². The molecule has 8 heteroatoms. The third-order valence-electron chi connectivity index (χ3n) is 3.83. The number of esters is 1. The molecule has 2 atom stereocenters. The number of rotatable bonds is 9. The highest BCUT2D eigenvalue weighted by Crippen LogP contribution is 2.05. The summed E-state index contributed by atoms with van der Waals surface area (Å²) in [5, 5.41) is 7.71. The van der Waals surface area contributed by atoms with Gasteiger partial charge in [0.05, 0.1) is 13.5 Å². The maximum absolute atomic E-state index is 12.4. The Bertz CT molecular complexity index is 661. The molecule has 0 saturated carbocycles. The van der Waals surface area contributed by atoms with E-state index in [1.54, 1.807) is 13.8 Å². The largest absolute Gasteiger partial charge is 0.467 e. The topological polar surface area (TPSA) is 114 Å². The molecule has 1 unspecified atom stereocenters. The molecule has 3 amide bonds. The molecule has 0 aliphatic rings. The van der Waals surface area contributed by atoms with Gasteiger partial charge in [0.25, 0.3) is 0 Å². The Morgan fingerprint density at radius 2 is 1.67 bits per heavy atom. The van der Waals surface area contributed by atoms with E-state index in [0.717, 1.165) is 5.56 Å². The first kappa shape index (κ1) is 22.1. The zero-order valence-corrected chi connectivity index (χ0v) is 16.1. The van der Waals surface area contributed by atoms with Gasteiger partial charge < -0.3 is 20.7 Å². The number of hydrogen-bond donors (Lipinski definition) is 3. The lowest BCUT2D eigenvalue weighted by molar-refractivity contribution is -0.146. The number of ether oxygens (including phenoxy) is 1. The molecule has 0 aromatic heterocycles. The molecule has 27 heavy (non-hydrogen) atoms. The minimum absolute atomic E-state index is 0.187. The minimum atomic E-state index is -1.04. The van der Waals surface area contributed by atoms with Crippen molar-refractivity contribution in [3.05, 3.63) is 35.9 Å². The molecule has 3 N–H and O–H groups in total. The molecule has 0 radical (unpaired) electrons. The summed E-state index contributed by atoms with van der Waals surface area (Å²) >= 11 is 0. The number of nitrogens with one attached hydrogen (secondary N) is 3. The van der Waals surface area contributed by atoms with Crippen molar-refractivity contribution in [3.8, 4) is 0 Å². The van der Waals surface area contributed by atoms with E-state index in [-0.39, 0.29) is 18.9 Å². The summed E-state index contributed by atoms with van der Waals surface area (Å²) < 4.78 is 4.68. The Morgan fingerprint density at radius 1 is 1.04 bits per heavy atom. The maximum atomic E-state index is 12.4. The fraction of sp³-hybridized carbons (Fsp3) is 0.474. The number of methoxy groups -OCH3 is 1. The Labute approximate surface area is 159 Å². The van der Waals surface area contributed by atoms with Crippen LogP contribution in [0.1, 0.15) is 32.8 Å². The normalized spacial score (nSPS) is 12.6. The molecule has 1 aromatic carbocycles. The van der Waals surface area contributed by atoms with E-state index < -0.39 is 35.8 Å². The van der Waals surface area contributed by atoms with Crippen molar-refractivity contribution in [2.45, 2.75) is 45.8 Å². The molecule has 1 aromatic rings. The van der Waals surface area contributed by atoms with Crippen molar-refractivity contribution < 1.29 is 23.9 Å². The monoisotopic (exact) mass is 377 g/mol. The third kappa shape index (κ3) is 7.89. The summed E-state index contributed by atoms with van der Waals surface area (Å²) in [6.45, 7) is 5.06. The van der Waals surface area contributed by atoms with E-state index in [0.29, 0.717) is 0 Å². The lowest BCUT2D eigenvalue weighted by Gasteiger charge is -2.22. The van der Waals surface area contributed by atoms with E-state index in [1.807, 2.05) is 30.3 Å². The molecular weight excluding hydrogens is 350 g/mol. The third-order valence-corrected chi connectivity index (χ3v) is 3.83. The molecule has 0 heterocycles. The lowest BCUT2D eigenvalue weighted by Crippen LogP contribution is -2.51. The van der Waals surface area contributed by atoms with Crippen LogP contribution in [-0.4, -0.2) is 42.9 Å². The number of carbonyl (C=O) groups excluding carboxylic acids is 4. The van der Waals surface area contributed by atoms with Gasteiger partial charge in [0.2, 0.25) is 17.7 Å². The Morgan fingerprint density at radius 3 is 2.19 bits per heavy atom. The average Bonchev–Trinajstić information content (AvgIpc) is 2.63. The number of benzene rings is 1. The van der Waals surface area contributed by atoms with Crippen molar-refractivity contribution in [1.82, 2.24) is 16.0 Å². The molecule has 0 bridgehead atoms. The zero-order chi connectivity index (χ0) is 20.4. The Balaban J connectivity index is 2.72. The van der Waals surface area contributed by atoms with E-state index in [2.05, 4.69) is 20.7 Å². The predicted molar refractivity (Wildman–Crippen MR) is 99.3 cm³/mol. The number of amides is 3. The fourth-order valence-electron chi connectivity index (χ4n) is 2.41. The van der Waals surface area contributed by atoms with Crippen molar-refractivity contribution in [3.63, 3.8) is 0 Å². The smallest absolute Gasteiger partial charge is 0.328 e. The maximum Gasteiger partial charge on any atom is 0.328 e. The Kier molecular flexibility index (Phi) is 8.98. The highest BCUT2D eigenvalue weighted by atomic mass is 16.5. The van der Waals surface area contributed by atoms with Crippen molar-refractivity contribution >= 4 is 23.7 Å². The second-order valence-electron chi connectivity index (χ2n) is 6.47. The lowest BCUT2D eigenvalue weighted by atomic mass is 10.0. The van der Waals surface area contributed by atoms with Gasteiger partial charge in [-0.25, -0.2) is 4.79 Å². The summed E-state index contributed by atoms with van der Waals surface area (Å²) in [7, 11) is 1.24. The van der Waals surface area contributed by atoms with Crippen LogP contribution in [0.25, 0.3) is 0 Å². The first-order chi connectivity index (χ1) is 12.7. The summed E-state index contributed by atoms with van der Waals surface area (Å²) in [6, 6.07) is 7.39. The van der Waals surface area contributed by atoms with E-state index in [9.17, 15) is 19.2 Å². The first-order valence-corrected chi connectivity index (χ1v) is 8.70. The van der Waals surface area contributed by atoms with Crippen LogP contribution in [-0.2, 0) is 30.5 Å². The minimum Gasteiger partial charge on any atom is -0.467 e. The SMILES string of the molecule is COC(=O)[C@@H](NC(=O)CC(NC(C)=O)C(=O)NCc1ccccc1)C(C)C. The van der Waals surface area contributed by atoms with E-state index >= 15 is 0 Å². The van der Waals surface area contributed by atoms with Gasteiger partial charge >= 0.3 is 5.97 Å². The van der Waals surface area contributed by atoms with Crippen LogP contribution in [0.2, 0.25) is 0 Å². The summed E-state index contributed by atoms with van der Waals surface area (Å²) in [5.41, 5.74) is 0.891. The highest BCUT2D eigenvalue weighted by molar-refractivity contribution is 5.92. The number of hydrogen-bond acceptors (Lipinski definition) is 5. The summed E-state index contributed by atoms with van der Waals surface area (Å²) in [5.74, 6) is -2.21. The zero-order valence-electron chi connectivity index (χ0n) is 16.1. The standard InChI is InChI=1S/C19H27N3O5/c1-12(2)17(19(26)27-4)22-16(24)10-15(21-13(3)23)18(25)20-11-14-8-6-5-7-9-14/h5-9,12,15,17H,10-11H2,1-4H3,(H,20,25)(H,21,23)(H,22,24)/t15?,17-/m0/s1. The summed E-state index contributed by atoms with van der Waals surface area (Å²) in [6.07, 6.45) is -0.291. The summed E-state index contributed by atoms with van der Waals surface area (Å²) in [4.78, 5) is 47.9. The Hall–Kier alpha value is -2.90. The van der Waals surface area contributed by atoms with Gasteiger partial charge in [0.15, 0.2) is 0 Å². The second-order valence-corrected chi connectivity index (χ2v) is 6.47. The molecule has 148 valence electrons. The van der Waals surface area contributed by atoms with Crippen LogP contribution in [0.5, 0.6) is 0 Å². The number of carbonyl (C=O) groups is 4. The van der Waals surface area contributed by atoms with Crippen LogP contribution < -0.4 is 16.0 Å². The predicted octanol–water partition coefficient (Wildman–Crippen LogP) is 0.511. The first-order valence-electron chi connectivity index (χ1n) is 8.70. The van der Waals surface area contributed by atoms with Crippen LogP contribution >= 0.6 is 0 Å². The van der Waals surface area contributed by atoms with Crippen LogP contribution in [0.4, 0.5) is 0 Å². The van der Waals surface area contributed by atoms with Crippen LogP contribution in [0.3, 0.4) is 0 Å². The molecule has 8 nitrogen and oxygen atoms in total.